The summed E-state index contributed by atoms with van der Waals surface area (Å²) in [4.78, 5) is 42.4. The lowest BCUT2D eigenvalue weighted by molar-refractivity contribution is -0.129. The molecule has 218 valence electrons. The molecular weight excluding hydrogens is 589 g/mol. The van der Waals surface area contributed by atoms with Gasteiger partial charge >= 0.3 is 0 Å². The number of benzene rings is 4. The van der Waals surface area contributed by atoms with Crippen LogP contribution in [0.2, 0.25) is 0 Å². The predicted octanol–water partition coefficient (Wildman–Crippen LogP) is 7.40. The van der Waals surface area contributed by atoms with Crippen LogP contribution in [0.5, 0.6) is 0 Å². The topological polar surface area (TPSA) is 102 Å². The summed E-state index contributed by atoms with van der Waals surface area (Å²) in [5.41, 5.74) is 3.36. The number of rotatable bonds is 7. The molecule has 0 fully saturated rings. The van der Waals surface area contributed by atoms with Gasteiger partial charge in [0.15, 0.2) is 0 Å². The van der Waals surface area contributed by atoms with E-state index in [9.17, 15) is 19.6 Å². The fourth-order valence-corrected chi connectivity index (χ4v) is 7.57. The van der Waals surface area contributed by atoms with E-state index in [4.69, 9.17) is 0 Å². The number of amides is 3. The van der Waals surface area contributed by atoms with Crippen LogP contribution in [0.25, 0.3) is 10.8 Å². The number of hydrogen-bond donors (Lipinski definition) is 2. The van der Waals surface area contributed by atoms with Crippen LogP contribution in [0, 0.1) is 11.3 Å². The molecule has 2 heterocycles. The van der Waals surface area contributed by atoms with Crippen LogP contribution in [0.3, 0.4) is 0 Å². The number of carbonyl (C=O) groups excluding carboxylic acids is 3. The average Bonchev–Trinajstić information content (AvgIpc) is 3.39. The molecule has 3 amide bonds. The molecular formula is C35H28N4O3S2. The van der Waals surface area contributed by atoms with E-state index >= 15 is 0 Å². The minimum atomic E-state index is -0.623. The Balaban J connectivity index is 1.22. The maximum Gasteiger partial charge on any atom is 0.255 e. The summed E-state index contributed by atoms with van der Waals surface area (Å²) < 4.78 is 0. The smallest absolute Gasteiger partial charge is 0.255 e. The van der Waals surface area contributed by atoms with E-state index in [1.54, 1.807) is 4.90 Å². The third kappa shape index (κ3) is 6.23. The maximum atomic E-state index is 13.9. The van der Waals surface area contributed by atoms with Gasteiger partial charge < -0.3 is 15.5 Å². The van der Waals surface area contributed by atoms with Crippen molar-refractivity contribution in [1.82, 2.24) is 4.90 Å². The fourth-order valence-electron chi connectivity index (χ4n) is 5.27. The SMILES string of the molecule is CC(=O)N1CCc2c(sc(NC(=O)C(Sc3cccc(NC(=O)c4ccc5ccccc5c4)c3)c3ccccc3)c2C#N)C1. The first-order valence-corrected chi connectivity index (χ1v) is 15.8. The molecule has 1 unspecified atom stereocenters. The van der Waals surface area contributed by atoms with Crippen molar-refractivity contribution in [3.63, 3.8) is 0 Å². The minimum absolute atomic E-state index is 0.00984. The van der Waals surface area contributed by atoms with Gasteiger partial charge in [0.1, 0.15) is 16.3 Å². The molecule has 1 aromatic heterocycles. The summed E-state index contributed by atoms with van der Waals surface area (Å²) in [5, 5.41) is 17.9. The lowest BCUT2D eigenvalue weighted by Gasteiger charge is -2.25. The second kappa shape index (κ2) is 12.8. The van der Waals surface area contributed by atoms with Gasteiger partial charge in [0.2, 0.25) is 11.8 Å². The van der Waals surface area contributed by atoms with Gasteiger partial charge in [-0.25, -0.2) is 0 Å². The molecule has 1 atom stereocenters. The molecule has 1 aliphatic rings. The zero-order valence-electron chi connectivity index (χ0n) is 23.9. The predicted molar refractivity (Wildman–Crippen MR) is 176 cm³/mol. The van der Waals surface area contributed by atoms with E-state index < -0.39 is 5.25 Å². The van der Waals surface area contributed by atoms with Crippen molar-refractivity contribution in [1.29, 1.82) is 5.26 Å². The van der Waals surface area contributed by atoms with Crippen molar-refractivity contribution in [3.05, 3.63) is 124 Å². The van der Waals surface area contributed by atoms with Crippen LogP contribution in [0.4, 0.5) is 10.7 Å². The van der Waals surface area contributed by atoms with Crippen molar-refractivity contribution in [2.45, 2.75) is 30.0 Å². The van der Waals surface area contributed by atoms with Crippen molar-refractivity contribution in [2.24, 2.45) is 0 Å². The normalized spacial score (nSPS) is 13.0. The number of carbonyl (C=O) groups is 3. The first kappa shape index (κ1) is 29.2. The molecule has 5 aromatic rings. The number of thiophene rings is 1. The van der Waals surface area contributed by atoms with Gasteiger partial charge in [-0.05, 0) is 58.7 Å². The first-order valence-electron chi connectivity index (χ1n) is 14.1. The highest BCUT2D eigenvalue weighted by Gasteiger charge is 2.29. The lowest BCUT2D eigenvalue weighted by Crippen LogP contribution is -2.33. The average molecular weight is 617 g/mol. The Morgan fingerprint density at radius 1 is 0.909 bits per heavy atom. The Kier molecular flexibility index (Phi) is 8.46. The molecule has 4 aromatic carbocycles. The second-order valence-electron chi connectivity index (χ2n) is 10.5. The summed E-state index contributed by atoms with van der Waals surface area (Å²) in [6.07, 6.45) is 0.582. The van der Waals surface area contributed by atoms with Crippen LogP contribution in [-0.2, 0) is 22.6 Å². The van der Waals surface area contributed by atoms with Crippen molar-refractivity contribution >= 4 is 62.3 Å². The fraction of sp³-hybridized carbons (Fsp3) is 0.143. The Labute approximate surface area is 263 Å². The van der Waals surface area contributed by atoms with Crippen LogP contribution in [0.15, 0.2) is 102 Å². The largest absolute Gasteiger partial charge is 0.337 e. The summed E-state index contributed by atoms with van der Waals surface area (Å²) in [6, 6.07) is 32.7. The van der Waals surface area contributed by atoms with Crippen LogP contribution in [-0.4, -0.2) is 29.2 Å². The number of thioether (sulfide) groups is 1. The van der Waals surface area contributed by atoms with Crippen LogP contribution < -0.4 is 10.6 Å². The van der Waals surface area contributed by atoms with E-state index in [0.29, 0.717) is 41.3 Å². The summed E-state index contributed by atoms with van der Waals surface area (Å²) in [6.45, 7) is 2.53. The highest BCUT2D eigenvalue weighted by molar-refractivity contribution is 8.00. The number of nitrogens with one attached hydrogen (secondary N) is 2. The molecule has 0 saturated heterocycles. The van der Waals surface area contributed by atoms with Gasteiger partial charge in [-0.2, -0.15) is 5.26 Å². The molecule has 44 heavy (non-hydrogen) atoms. The molecule has 0 bridgehead atoms. The van der Waals surface area contributed by atoms with E-state index in [2.05, 4.69) is 16.7 Å². The van der Waals surface area contributed by atoms with Crippen LogP contribution in [0.1, 0.15) is 44.1 Å². The summed E-state index contributed by atoms with van der Waals surface area (Å²) in [7, 11) is 0. The summed E-state index contributed by atoms with van der Waals surface area (Å²) >= 11 is 2.72. The minimum Gasteiger partial charge on any atom is -0.337 e. The second-order valence-corrected chi connectivity index (χ2v) is 12.7. The zero-order valence-corrected chi connectivity index (χ0v) is 25.5. The monoisotopic (exact) mass is 616 g/mol. The number of anilines is 2. The molecule has 0 radical (unpaired) electrons. The third-order valence-corrected chi connectivity index (χ3v) is 9.93. The standard InChI is InChI=1S/C35H28N4O3S2/c1-22(40)39-17-16-29-30(20-36)35(44-31(29)21-39)38-34(42)32(24-9-3-2-4-10-24)43-28-13-7-12-27(19-28)37-33(41)26-15-14-23-8-5-6-11-25(23)18-26/h2-15,18-19,32H,16-17,21H2,1H3,(H,37,41)(H,38,42). The van der Waals surface area contributed by atoms with E-state index in [-0.39, 0.29) is 17.7 Å². The quantitative estimate of drug-likeness (QED) is 0.186. The Bertz CT molecular complexity index is 1930. The molecule has 9 heteroatoms. The molecule has 0 saturated carbocycles. The number of nitriles is 1. The van der Waals surface area contributed by atoms with Gasteiger partial charge in [0.25, 0.3) is 5.91 Å². The molecule has 0 spiro atoms. The zero-order chi connectivity index (χ0) is 30.6. The van der Waals surface area contributed by atoms with Crippen LogP contribution >= 0.6 is 23.1 Å². The van der Waals surface area contributed by atoms with Gasteiger partial charge in [-0.1, -0.05) is 66.7 Å². The molecule has 6 rings (SSSR count). The number of hydrogen-bond acceptors (Lipinski definition) is 6. The van der Waals surface area contributed by atoms with Crippen molar-refractivity contribution in [2.75, 3.05) is 17.2 Å². The van der Waals surface area contributed by atoms with Gasteiger partial charge in [-0.3, -0.25) is 14.4 Å². The van der Waals surface area contributed by atoms with Crippen molar-refractivity contribution in [3.8, 4) is 6.07 Å². The van der Waals surface area contributed by atoms with Gasteiger partial charge in [0, 0.05) is 34.5 Å². The van der Waals surface area contributed by atoms with E-state index in [0.717, 1.165) is 31.7 Å². The van der Waals surface area contributed by atoms with E-state index in [1.165, 1.54) is 30.0 Å². The van der Waals surface area contributed by atoms with Crippen molar-refractivity contribution < 1.29 is 14.4 Å². The highest BCUT2D eigenvalue weighted by atomic mass is 32.2. The molecule has 7 nitrogen and oxygen atoms in total. The van der Waals surface area contributed by atoms with Gasteiger partial charge in [0.05, 0.1) is 12.1 Å². The number of fused-ring (bicyclic) bond motifs is 2. The van der Waals surface area contributed by atoms with E-state index in [1.807, 2.05) is 97.1 Å². The molecule has 0 aliphatic carbocycles. The molecule has 1 aliphatic heterocycles. The Hall–Kier alpha value is -4.91. The Morgan fingerprint density at radius 3 is 2.45 bits per heavy atom. The Morgan fingerprint density at radius 2 is 1.68 bits per heavy atom. The molecule has 2 N–H and O–H groups in total. The van der Waals surface area contributed by atoms with Gasteiger partial charge in [-0.15, -0.1) is 23.1 Å². The first-order chi connectivity index (χ1) is 21.4. The third-order valence-electron chi connectivity index (χ3n) is 7.55. The summed E-state index contributed by atoms with van der Waals surface area (Å²) in [5.74, 6) is -0.487. The lowest BCUT2D eigenvalue weighted by atomic mass is 10.0. The maximum absolute atomic E-state index is 13.9. The number of nitrogens with zero attached hydrogens (tertiary/aromatic N) is 2. The highest BCUT2D eigenvalue weighted by Crippen LogP contribution is 2.40.